The van der Waals surface area contributed by atoms with Crippen LogP contribution in [0.25, 0.3) is 6.08 Å². The molecule has 0 aromatic heterocycles. The summed E-state index contributed by atoms with van der Waals surface area (Å²) < 4.78 is 16.2. The average molecular weight is 534 g/mol. The van der Waals surface area contributed by atoms with E-state index in [4.69, 9.17) is 14.2 Å². The number of benzene rings is 4. The Morgan fingerprint density at radius 2 is 1.48 bits per heavy atom. The molecule has 40 heavy (non-hydrogen) atoms. The SMILES string of the molecule is O=C(NN=Cc1cccc(OC(=O)c2ccccc2)c1)C(=Cc1ccc2c(c1)OCO2)NC(=O)c1ccccc1. The Morgan fingerprint density at radius 1 is 0.750 bits per heavy atom. The van der Waals surface area contributed by atoms with E-state index in [2.05, 4.69) is 15.8 Å². The van der Waals surface area contributed by atoms with Gasteiger partial charge in [-0.3, -0.25) is 9.59 Å². The van der Waals surface area contributed by atoms with Crippen molar-refractivity contribution in [1.29, 1.82) is 0 Å². The van der Waals surface area contributed by atoms with Gasteiger partial charge in [-0.25, -0.2) is 10.2 Å². The lowest BCUT2D eigenvalue weighted by Crippen LogP contribution is -2.32. The van der Waals surface area contributed by atoms with Crippen LogP contribution in [0.2, 0.25) is 0 Å². The molecule has 0 spiro atoms. The van der Waals surface area contributed by atoms with Crippen molar-refractivity contribution in [3.63, 3.8) is 0 Å². The standard InChI is InChI=1S/C31H23N3O6/c35-29(23-9-3-1-4-10-23)33-26(17-21-14-15-27-28(18-21)39-20-38-27)30(36)34-32-19-22-8-7-13-25(16-22)40-31(37)24-11-5-2-6-12-24/h1-19H,20H2,(H,33,35)(H,34,36). The van der Waals surface area contributed by atoms with Crippen LogP contribution < -0.4 is 25.0 Å². The highest BCUT2D eigenvalue weighted by Crippen LogP contribution is 2.33. The maximum Gasteiger partial charge on any atom is 0.343 e. The first-order valence-electron chi connectivity index (χ1n) is 12.2. The highest BCUT2D eigenvalue weighted by molar-refractivity contribution is 6.05. The summed E-state index contributed by atoms with van der Waals surface area (Å²) in [7, 11) is 0. The van der Waals surface area contributed by atoms with E-state index in [1.54, 1.807) is 97.1 Å². The van der Waals surface area contributed by atoms with Gasteiger partial charge in [0.2, 0.25) is 6.79 Å². The summed E-state index contributed by atoms with van der Waals surface area (Å²) in [5.74, 6) is -0.144. The van der Waals surface area contributed by atoms with Gasteiger partial charge in [0, 0.05) is 5.56 Å². The molecule has 0 atom stereocenters. The molecule has 0 bridgehead atoms. The number of hydrogen-bond donors (Lipinski definition) is 2. The van der Waals surface area contributed by atoms with Crippen LogP contribution in [0.5, 0.6) is 17.2 Å². The van der Waals surface area contributed by atoms with E-state index < -0.39 is 17.8 Å². The minimum absolute atomic E-state index is 0.0320. The number of nitrogens with zero attached hydrogens (tertiary/aromatic N) is 1. The number of fused-ring (bicyclic) bond motifs is 1. The van der Waals surface area contributed by atoms with E-state index in [1.165, 1.54) is 12.3 Å². The summed E-state index contributed by atoms with van der Waals surface area (Å²) in [6.07, 6.45) is 2.91. The topological polar surface area (TPSA) is 115 Å². The molecular formula is C31H23N3O6. The van der Waals surface area contributed by atoms with Gasteiger partial charge in [-0.2, -0.15) is 5.10 Å². The molecule has 0 saturated heterocycles. The minimum Gasteiger partial charge on any atom is -0.454 e. The van der Waals surface area contributed by atoms with Crippen molar-refractivity contribution in [2.45, 2.75) is 0 Å². The maximum absolute atomic E-state index is 13.1. The normalized spacial score (nSPS) is 12.2. The fourth-order valence-electron chi connectivity index (χ4n) is 3.74. The van der Waals surface area contributed by atoms with Crippen LogP contribution in [0.1, 0.15) is 31.8 Å². The second-order valence-corrected chi connectivity index (χ2v) is 8.52. The van der Waals surface area contributed by atoms with Crippen molar-refractivity contribution in [1.82, 2.24) is 10.7 Å². The quantitative estimate of drug-likeness (QED) is 0.113. The lowest BCUT2D eigenvalue weighted by molar-refractivity contribution is -0.117. The zero-order chi connectivity index (χ0) is 27.7. The number of nitrogens with one attached hydrogen (secondary N) is 2. The third-order valence-electron chi connectivity index (χ3n) is 5.69. The molecule has 0 fully saturated rings. The van der Waals surface area contributed by atoms with Gasteiger partial charge in [0.1, 0.15) is 11.4 Å². The number of rotatable bonds is 8. The van der Waals surface area contributed by atoms with Gasteiger partial charge in [0.25, 0.3) is 11.8 Å². The summed E-state index contributed by atoms with van der Waals surface area (Å²) >= 11 is 0. The third-order valence-corrected chi connectivity index (χ3v) is 5.69. The fourth-order valence-corrected chi connectivity index (χ4v) is 3.74. The number of esters is 1. The zero-order valence-electron chi connectivity index (χ0n) is 21.1. The van der Waals surface area contributed by atoms with Gasteiger partial charge < -0.3 is 19.5 Å². The Hall–Kier alpha value is -5.70. The predicted octanol–water partition coefficient (Wildman–Crippen LogP) is 4.56. The van der Waals surface area contributed by atoms with E-state index in [9.17, 15) is 14.4 Å². The molecule has 0 aliphatic carbocycles. The average Bonchev–Trinajstić information content (AvgIpc) is 3.46. The fraction of sp³-hybridized carbons (Fsp3) is 0.0323. The molecule has 4 aromatic rings. The minimum atomic E-state index is -0.648. The molecule has 0 radical (unpaired) electrons. The van der Waals surface area contributed by atoms with Gasteiger partial charge in [-0.05, 0) is 65.7 Å². The van der Waals surface area contributed by atoms with Crippen LogP contribution >= 0.6 is 0 Å². The van der Waals surface area contributed by atoms with Crippen LogP contribution in [0, 0.1) is 0 Å². The van der Waals surface area contributed by atoms with Crippen molar-refractivity contribution >= 4 is 30.1 Å². The molecule has 4 aromatic carbocycles. The summed E-state index contributed by atoms with van der Waals surface area (Å²) in [5.41, 5.74) is 4.40. The molecule has 198 valence electrons. The zero-order valence-corrected chi connectivity index (χ0v) is 21.1. The van der Waals surface area contributed by atoms with E-state index >= 15 is 0 Å². The second kappa shape index (κ2) is 12.2. The first-order chi connectivity index (χ1) is 19.5. The summed E-state index contributed by atoms with van der Waals surface area (Å²) in [4.78, 5) is 38.2. The third kappa shape index (κ3) is 6.59. The molecule has 1 aliphatic rings. The number of ether oxygens (including phenoxy) is 3. The second-order valence-electron chi connectivity index (χ2n) is 8.52. The summed E-state index contributed by atoms with van der Waals surface area (Å²) in [6, 6.07) is 29.0. The van der Waals surface area contributed by atoms with Crippen LogP contribution in [-0.4, -0.2) is 30.8 Å². The molecule has 0 saturated carbocycles. The van der Waals surface area contributed by atoms with E-state index in [0.717, 1.165) is 0 Å². The summed E-state index contributed by atoms with van der Waals surface area (Å²) in [5, 5.41) is 6.67. The number of amides is 2. The Morgan fingerprint density at radius 3 is 2.25 bits per heavy atom. The molecule has 9 heteroatoms. The van der Waals surface area contributed by atoms with Gasteiger partial charge in [0.15, 0.2) is 11.5 Å². The van der Waals surface area contributed by atoms with E-state index in [0.29, 0.717) is 39.5 Å². The number of carbonyl (C=O) groups excluding carboxylic acids is 3. The maximum atomic E-state index is 13.1. The molecule has 2 N–H and O–H groups in total. The highest BCUT2D eigenvalue weighted by atomic mass is 16.7. The molecular weight excluding hydrogens is 510 g/mol. The smallest absolute Gasteiger partial charge is 0.343 e. The highest BCUT2D eigenvalue weighted by Gasteiger charge is 2.17. The first-order valence-corrected chi connectivity index (χ1v) is 12.2. The molecule has 5 rings (SSSR count). The van der Waals surface area contributed by atoms with Gasteiger partial charge in [-0.1, -0.05) is 54.6 Å². The van der Waals surface area contributed by atoms with E-state index in [-0.39, 0.29) is 12.5 Å². The summed E-state index contributed by atoms with van der Waals surface area (Å²) in [6.45, 7) is 0.113. The Labute approximate surface area is 229 Å². The van der Waals surface area contributed by atoms with Gasteiger partial charge in [-0.15, -0.1) is 0 Å². The van der Waals surface area contributed by atoms with Gasteiger partial charge in [0.05, 0.1) is 11.8 Å². The number of hydrazone groups is 1. The molecule has 9 nitrogen and oxygen atoms in total. The van der Waals surface area contributed by atoms with Crippen LogP contribution in [-0.2, 0) is 4.79 Å². The Balaban J connectivity index is 1.30. The lowest BCUT2D eigenvalue weighted by atomic mass is 10.1. The van der Waals surface area contributed by atoms with Crippen molar-refractivity contribution < 1.29 is 28.6 Å². The van der Waals surface area contributed by atoms with Crippen molar-refractivity contribution in [3.05, 3.63) is 131 Å². The molecule has 2 amide bonds. The van der Waals surface area contributed by atoms with E-state index in [1.807, 2.05) is 6.07 Å². The molecule has 1 aliphatic heterocycles. The molecule has 0 unspecified atom stereocenters. The lowest BCUT2D eigenvalue weighted by Gasteiger charge is -2.09. The van der Waals surface area contributed by atoms with Crippen LogP contribution in [0.4, 0.5) is 0 Å². The number of hydrogen-bond acceptors (Lipinski definition) is 7. The largest absolute Gasteiger partial charge is 0.454 e. The molecule has 1 heterocycles. The van der Waals surface area contributed by atoms with Crippen molar-refractivity contribution in [3.8, 4) is 17.2 Å². The Bertz CT molecular complexity index is 1600. The Kier molecular flexibility index (Phi) is 7.93. The first kappa shape index (κ1) is 25.9. The van der Waals surface area contributed by atoms with Crippen molar-refractivity contribution in [2.75, 3.05) is 6.79 Å². The monoisotopic (exact) mass is 533 g/mol. The van der Waals surface area contributed by atoms with Crippen LogP contribution in [0.3, 0.4) is 0 Å². The van der Waals surface area contributed by atoms with Crippen molar-refractivity contribution in [2.24, 2.45) is 5.10 Å². The van der Waals surface area contributed by atoms with Crippen LogP contribution in [0.15, 0.2) is 114 Å². The predicted molar refractivity (Wildman–Crippen MR) is 148 cm³/mol. The number of carbonyl (C=O) groups is 3. The van der Waals surface area contributed by atoms with Gasteiger partial charge >= 0.3 is 5.97 Å².